The number of furan rings is 1. The van der Waals surface area contributed by atoms with Gasteiger partial charge in [0.05, 0.1) is 5.57 Å². The van der Waals surface area contributed by atoms with Crippen LogP contribution in [0.5, 0.6) is 0 Å². The number of fused-ring (bicyclic) bond motifs is 2. The van der Waals surface area contributed by atoms with Crippen LogP contribution in [0.4, 0.5) is 5.69 Å². The molecule has 0 atom stereocenters. The number of hydrogen-bond donors (Lipinski definition) is 1. The van der Waals surface area contributed by atoms with E-state index in [9.17, 15) is 4.79 Å². The summed E-state index contributed by atoms with van der Waals surface area (Å²) < 4.78 is 6.24. The number of hydrogen-bond acceptors (Lipinski definition) is 3. The van der Waals surface area contributed by atoms with E-state index in [0.29, 0.717) is 0 Å². The molecule has 152 valence electrons. The lowest BCUT2D eigenvalue weighted by Gasteiger charge is -2.14. The molecule has 0 unspecified atom stereocenters. The average molecular weight is 391 g/mol. The van der Waals surface area contributed by atoms with Gasteiger partial charge in [0.1, 0.15) is 11.5 Å². The molecule has 4 heteroatoms. The van der Waals surface area contributed by atoms with Crippen molar-refractivity contribution in [2.24, 2.45) is 0 Å². The van der Waals surface area contributed by atoms with Gasteiger partial charge < -0.3 is 14.6 Å². The molecular formula is C25H30N2O2. The molecule has 0 spiro atoms. The van der Waals surface area contributed by atoms with Crippen molar-refractivity contribution in [2.75, 3.05) is 25.0 Å². The number of rotatable bonds is 5. The number of carbonyl (C=O) groups is 1. The second-order valence-electron chi connectivity index (χ2n) is 8.60. The first-order chi connectivity index (χ1) is 14.2. The minimum atomic E-state index is -0.0203. The lowest BCUT2D eigenvalue weighted by molar-refractivity contribution is -0.110. The Balaban J connectivity index is 1.45. The Kier molecular flexibility index (Phi) is 5.04. The van der Waals surface area contributed by atoms with Crippen molar-refractivity contribution in [3.05, 3.63) is 52.0 Å². The van der Waals surface area contributed by atoms with Crippen LogP contribution in [-0.4, -0.2) is 30.4 Å². The Labute approximate surface area is 173 Å². The predicted molar refractivity (Wildman–Crippen MR) is 117 cm³/mol. The quantitative estimate of drug-likeness (QED) is 0.742. The van der Waals surface area contributed by atoms with E-state index in [0.717, 1.165) is 60.6 Å². The zero-order valence-corrected chi connectivity index (χ0v) is 17.4. The maximum atomic E-state index is 12.7. The van der Waals surface area contributed by atoms with Crippen LogP contribution < -0.4 is 5.32 Å². The summed E-state index contributed by atoms with van der Waals surface area (Å²) in [5.74, 6) is 2.01. The Morgan fingerprint density at radius 2 is 1.97 bits per heavy atom. The van der Waals surface area contributed by atoms with Gasteiger partial charge in [0, 0.05) is 29.8 Å². The van der Waals surface area contributed by atoms with Crippen molar-refractivity contribution >= 4 is 23.2 Å². The highest BCUT2D eigenvalue weighted by atomic mass is 16.3. The smallest absolute Gasteiger partial charge is 0.256 e. The summed E-state index contributed by atoms with van der Waals surface area (Å²) in [6.45, 7) is 5.73. The maximum absolute atomic E-state index is 12.7. The summed E-state index contributed by atoms with van der Waals surface area (Å²) in [5.41, 5.74) is 6.66. The van der Waals surface area contributed by atoms with Crippen LogP contribution in [0.25, 0.3) is 11.6 Å². The fourth-order valence-electron chi connectivity index (χ4n) is 5.12. The SMILES string of the molecule is CCc1c(C=C2C(=O)Nc3ccc(CCN4CCCC4)cc32)oc2c1CCCC2. The summed E-state index contributed by atoms with van der Waals surface area (Å²) in [7, 11) is 0. The van der Waals surface area contributed by atoms with Gasteiger partial charge in [0.25, 0.3) is 5.91 Å². The number of benzene rings is 1. The molecule has 0 saturated carbocycles. The van der Waals surface area contributed by atoms with E-state index in [2.05, 4.69) is 35.3 Å². The minimum absolute atomic E-state index is 0.0203. The molecule has 1 saturated heterocycles. The summed E-state index contributed by atoms with van der Waals surface area (Å²) in [6, 6.07) is 6.41. The van der Waals surface area contributed by atoms with Gasteiger partial charge in [-0.05, 0) is 87.4 Å². The van der Waals surface area contributed by atoms with Crippen LogP contribution >= 0.6 is 0 Å². The Morgan fingerprint density at radius 3 is 2.79 bits per heavy atom. The first kappa shape index (κ1) is 18.7. The maximum Gasteiger partial charge on any atom is 0.256 e. The molecular weight excluding hydrogens is 360 g/mol. The average Bonchev–Trinajstić information content (AvgIpc) is 3.44. The van der Waals surface area contributed by atoms with Crippen LogP contribution in [0.1, 0.15) is 66.4 Å². The van der Waals surface area contributed by atoms with Crippen LogP contribution in [0.3, 0.4) is 0 Å². The fourth-order valence-corrected chi connectivity index (χ4v) is 5.12. The third-order valence-corrected chi connectivity index (χ3v) is 6.72. The molecule has 2 aromatic rings. The van der Waals surface area contributed by atoms with Crippen molar-refractivity contribution in [3.63, 3.8) is 0 Å². The van der Waals surface area contributed by atoms with E-state index in [1.54, 1.807) is 0 Å². The molecule has 1 amide bonds. The number of anilines is 1. The van der Waals surface area contributed by atoms with Gasteiger partial charge >= 0.3 is 0 Å². The van der Waals surface area contributed by atoms with Crippen molar-refractivity contribution in [2.45, 2.75) is 58.3 Å². The normalized spacial score (nSPS) is 20.2. The third kappa shape index (κ3) is 3.55. The second kappa shape index (κ2) is 7.83. The van der Waals surface area contributed by atoms with E-state index in [1.807, 2.05) is 6.08 Å². The Hall–Kier alpha value is -2.33. The van der Waals surface area contributed by atoms with Crippen LogP contribution in [0.2, 0.25) is 0 Å². The van der Waals surface area contributed by atoms with Crippen LogP contribution in [0.15, 0.2) is 22.6 Å². The number of likely N-dealkylation sites (tertiary alicyclic amines) is 1. The van der Waals surface area contributed by atoms with Gasteiger partial charge in [-0.15, -0.1) is 0 Å². The highest BCUT2D eigenvalue weighted by molar-refractivity contribution is 6.34. The number of aryl methyl sites for hydroxylation is 1. The van der Waals surface area contributed by atoms with Crippen molar-refractivity contribution in [1.29, 1.82) is 0 Å². The molecule has 29 heavy (non-hydrogen) atoms. The number of nitrogens with one attached hydrogen (secondary N) is 1. The number of nitrogens with zero attached hydrogens (tertiary/aromatic N) is 1. The molecule has 5 rings (SSSR count). The zero-order chi connectivity index (χ0) is 19.8. The molecule has 4 nitrogen and oxygen atoms in total. The first-order valence-electron chi connectivity index (χ1n) is 11.2. The predicted octanol–water partition coefficient (Wildman–Crippen LogP) is 4.85. The van der Waals surface area contributed by atoms with E-state index in [-0.39, 0.29) is 5.91 Å². The third-order valence-electron chi connectivity index (χ3n) is 6.72. The van der Waals surface area contributed by atoms with Crippen molar-refractivity contribution in [1.82, 2.24) is 4.90 Å². The first-order valence-corrected chi connectivity index (χ1v) is 11.2. The van der Waals surface area contributed by atoms with Gasteiger partial charge in [-0.25, -0.2) is 0 Å². The second-order valence-corrected chi connectivity index (χ2v) is 8.60. The van der Waals surface area contributed by atoms with E-state index in [1.165, 1.54) is 55.5 Å². The monoisotopic (exact) mass is 390 g/mol. The van der Waals surface area contributed by atoms with E-state index < -0.39 is 0 Å². The van der Waals surface area contributed by atoms with Gasteiger partial charge in [-0.1, -0.05) is 13.0 Å². The number of carbonyl (C=O) groups excluding carboxylic acids is 1. The summed E-state index contributed by atoms with van der Waals surface area (Å²) in [4.78, 5) is 15.3. The van der Waals surface area contributed by atoms with Crippen molar-refractivity contribution in [3.8, 4) is 0 Å². The molecule has 1 N–H and O–H groups in total. The molecule has 0 bridgehead atoms. The fraction of sp³-hybridized carbons (Fsp3) is 0.480. The molecule has 1 aliphatic carbocycles. The van der Waals surface area contributed by atoms with Crippen LogP contribution in [-0.2, 0) is 30.5 Å². The summed E-state index contributed by atoms with van der Waals surface area (Å²) in [6.07, 6.45) is 11.2. The molecule has 1 fully saturated rings. The van der Waals surface area contributed by atoms with Gasteiger partial charge in [-0.2, -0.15) is 0 Å². The largest absolute Gasteiger partial charge is 0.461 e. The van der Waals surface area contributed by atoms with E-state index >= 15 is 0 Å². The van der Waals surface area contributed by atoms with Crippen molar-refractivity contribution < 1.29 is 9.21 Å². The van der Waals surface area contributed by atoms with E-state index in [4.69, 9.17) is 4.42 Å². The minimum Gasteiger partial charge on any atom is -0.461 e. The summed E-state index contributed by atoms with van der Waals surface area (Å²) >= 11 is 0. The molecule has 3 heterocycles. The summed E-state index contributed by atoms with van der Waals surface area (Å²) in [5, 5.41) is 3.03. The molecule has 3 aliphatic rings. The van der Waals surface area contributed by atoms with Crippen LogP contribution in [0, 0.1) is 0 Å². The standard InChI is InChI=1S/C25H30N2O2/c1-2-18-19-7-3-4-8-23(19)29-24(18)16-21-20-15-17(9-10-22(20)26-25(21)28)11-14-27-12-5-6-13-27/h9-10,15-16H,2-8,11-14H2,1H3,(H,26,28). The topological polar surface area (TPSA) is 45.5 Å². The molecule has 1 aromatic heterocycles. The lowest BCUT2D eigenvalue weighted by atomic mass is 9.93. The Bertz CT molecular complexity index is 963. The van der Waals surface area contributed by atoms with Gasteiger partial charge in [-0.3, -0.25) is 4.79 Å². The lowest BCUT2D eigenvalue weighted by Crippen LogP contribution is -2.21. The number of amides is 1. The molecule has 1 aromatic carbocycles. The molecule has 2 aliphatic heterocycles. The van der Waals surface area contributed by atoms with Gasteiger partial charge in [0.15, 0.2) is 0 Å². The highest BCUT2D eigenvalue weighted by Crippen LogP contribution is 2.37. The highest BCUT2D eigenvalue weighted by Gasteiger charge is 2.27. The zero-order valence-electron chi connectivity index (χ0n) is 17.4. The van der Waals surface area contributed by atoms with Gasteiger partial charge in [0.2, 0.25) is 0 Å². The Morgan fingerprint density at radius 1 is 1.14 bits per heavy atom. The molecule has 0 radical (unpaired) electrons.